The third-order valence-corrected chi connectivity index (χ3v) is 6.54. The summed E-state index contributed by atoms with van der Waals surface area (Å²) in [6.45, 7) is 7.06. The summed E-state index contributed by atoms with van der Waals surface area (Å²) in [5, 5.41) is 3.27. The highest BCUT2D eigenvalue weighted by molar-refractivity contribution is 5.96. The summed E-state index contributed by atoms with van der Waals surface area (Å²) in [4.78, 5) is 27.6. The molecule has 1 fully saturated rings. The van der Waals surface area contributed by atoms with Crippen LogP contribution < -0.4 is 14.8 Å². The Kier molecular flexibility index (Phi) is 11.3. The van der Waals surface area contributed by atoms with Gasteiger partial charge in [-0.05, 0) is 101 Å². The van der Waals surface area contributed by atoms with Gasteiger partial charge in [-0.1, -0.05) is 18.6 Å². The van der Waals surface area contributed by atoms with Crippen LogP contribution in [0.5, 0.6) is 11.5 Å². The van der Waals surface area contributed by atoms with Crippen LogP contribution in [0.25, 0.3) is 0 Å². The first kappa shape index (κ1) is 27.7. The summed E-state index contributed by atoms with van der Waals surface area (Å²) >= 11 is 0. The molecule has 0 aliphatic carbocycles. The molecule has 6 heteroatoms. The monoisotopic (exact) mass is 494 g/mol. The molecular weight excluding hydrogens is 452 g/mol. The minimum atomic E-state index is 0.0909. The number of hydrogen-bond donors (Lipinski definition) is 1. The molecule has 1 heterocycles. The number of hydrogen-bond acceptors (Lipinski definition) is 5. The van der Waals surface area contributed by atoms with Gasteiger partial charge < -0.3 is 19.7 Å². The Morgan fingerprint density at radius 2 is 1.53 bits per heavy atom. The molecule has 1 amide bonds. The van der Waals surface area contributed by atoms with Crippen molar-refractivity contribution in [3.63, 3.8) is 0 Å². The molecule has 0 spiro atoms. The maximum Gasteiger partial charge on any atom is 0.220 e. The van der Waals surface area contributed by atoms with Crippen molar-refractivity contribution in [1.29, 1.82) is 0 Å². The molecule has 36 heavy (non-hydrogen) atoms. The van der Waals surface area contributed by atoms with Gasteiger partial charge in [-0.25, -0.2) is 0 Å². The lowest BCUT2D eigenvalue weighted by molar-refractivity contribution is -0.122. The van der Waals surface area contributed by atoms with Crippen molar-refractivity contribution in [3.05, 3.63) is 59.7 Å². The van der Waals surface area contributed by atoms with E-state index in [9.17, 15) is 9.59 Å². The highest BCUT2D eigenvalue weighted by Crippen LogP contribution is 2.17. The second-order valence-corrected chi connectivity index (χ2v) is 10.00. The fourth-order valence-electron chi connectivity index (χ4n) is 4.67. The maximum absolute atomic E-state index is 12.7. The molecule has 0 radical (unpaired) electrons. The molecule has 1 saturated heterocycles. The lowest BCUT2D eigenvalue weighted by atomic mass is 10.0. The number of nitrogens with zero attached hydrogens (tertiary/aromatic N) is 1. The summed E-state index contributed by atoms with van der Waals surface area (Å²) in [6.07, 6.45) is 6.83. The number of unbranched alkanes of at least 4 members (excludes halogenated alkanes) is 2. The van der Waals surface area contributed by atoms with Crippen molar-refractivity contribution in [3.8, 4) is 11.5 Å². The van der Waals surface area contributed by atoms with E-state index in [1.807, 2.05) is 50.2 Å². The van der Waals surface area contributed by atoms with Crippen molar-refractivity contribution in [1.82, 2.24) is 10.2 Å². The van der Waals surface area contributed by atoms with Crippen LogP contribution in [-0.4, -0.2) is 55.5 Å². The standard InChI is InChI=1S/C30H42N2O4/c1-23(2)36-28-17-13-25(14-18-28)29(33)9-5-4-6-10-30(34)31-26(22-32-19-7-8-20-32)21-24-11-15-27(35-3)16-12-24/h11-18,23,26H,4-10,19-22H2,1-3H3,(H,31,34). The van der Waals surface area contributed by atoms with Crippen LogP contribution in [0.1, 0.15) is 74.7 Å². The molecule has 1 atom stereocenters. The zero-order valence-corrected chi connectivity index (χ0v) is 22.1. The van der Waals surface area contributed by atoms with E-state index in [2.05, 4.69) is 22.3 Å². The van der Waals surface area contributed by atoms with Gasteiger partial charge >= 0.3 is 0 Å². The molecule has 1 unspecified atom stereocenters. The Labute approximate surface area is 216 Å². The number of carbonyl (C=O) groups excluding carboxylic acids is 2. The van der Waals surface area contributed by atoms with E-state index in [1.165, 1.54) is 18.4 Å². The Morgan fingerprint density at radius 1 is 0.889 bits per heavy atom. The van der Waals surface area contributed by atoms with Crippen LogP contribution in [0.4, 0.5) is 0 Å². The normalized spacial score (nSPS) is 14.6. The molecule has 1 aliphatic heterocycles. The fourth-order valence-corrected chi connectivity index (χ4v) is 4.67. The van der Waals surface area contributed by atoms with Crippen LogP contribution in [0.15, 0.2) is 48.5 Å². The van der Waals surface area contributed by atoms with Crippen molar-refractivity contribution in [2.45, 2.75) is 77.4 Å². The van der Waals surface area contributed by atoms with E-state index in [0.717, 1.165) is 56.8 Å². The minimum absolute atomic E-state index is 0.0909. The predicted molar refractivity (Wildman–Crippen MR) is 144 cm³/mol. The molecular formula is C30H42N2O4. The molecule has 2 aromatic rings. The Balaban J connectivity index is 1.39. The van der Waals surface area contributed by atoms with Crippen molar-refractivity contribution in [2.24, 2.45) is 0 Å². The lowest BCUT2D eigenvalue weighted by Gasteiger charge is -2.25. The number of methoxy groups -OCH3 is 1. The summed E-state index contributed by atoms with van der Waals surface area (Å²) in [7, 11) is 1.67. The van der Waals surface area contributed by atoms with Gasteiger partial charge in [-0.15, -0.1) is 0 Å². The summed E-state index contributed by atoms with van der Waals surface area (Å²) in [5.41, 5.74) is 1.91. The van der Waals surface area contributed by atoms with Gasteiger partial charge in [0.2, 0.25) is 5.91 Å². The van der Waals surface area contributed by atoms with Gasteiger partial charge in [0.25, 0.3) is 0 Å². The Hall–Kier alpha value is -2.86. The number of Topliss-reactive ketones (excluding diaryl/α,β-unsaturated/α-hetero) is 1. The topological polar surface area (TPSA) is 67.9 Å². The smallest absolute Gasteiger partial charge is 0.220 e. The third-order valence-electron chi connectivity index (χ3n) is 6.54. The molecule has 1 N–H and O–H groups in total. The largest absolute Gasteiger partial charge is 0.497 e. The van der Waals surface area contributed by atoms with E-state index >= 15 is 0 Å². The van der Waals surface area contributed by atoms with E-state index < -0.39 is 0 Å². The first-order valence-electron chi connectivity index (χ1n) is 13.4. The molecule has 0 saturated carbocycles. The third kappa shape index (κ3) is 9.65. The van der Waals surface area contributed by atoms with Crippen LogP contribution >= 0.6 is 0 Å². The van der Waals surface area contributed by atoms with Gasteiger partial charge in [0, 0.05) is 31.0 Å². The number of ketones is 1. The highest BCUT2D eigenvalue weighted by Gasteiger charge is 2.20. The number of rotatable bonds is 15. The second-order valence-electron chi connectivity index (χ2n) is 10.00. The molecule has 6 nitrogen and oxygen atoms in total. The Bertz CT molecular complexity index is 934. The van der Waals surface area contributed by atoms with Crippen LogP contribution in [0.2, 0.25) is 0 Å². The van der Waals surface area contributed by atoms with E-state index in [4.69, 9.17) is 9.47 Å². The lowest BCUT2D eigenvalue weighted by Crippen LogP contribution is -2.44. The first-order chi connectivity index (χ1) is 17.4. The molecule has 0 aromatic heterocycles. The van der Waals surface area contributed by atoms with Gasteiger partial charge in [0.15, 0.2) is 5.78 Å². The molecule has 0 bridgehead atoms. The van der Waals surface area contributed by atoms with Crippen LogP contribution in [0, 0.1) is 0 Å². The molecule has 196 valence electrons. The molecule has 3 rings (SSSR count). The predicted octanol–water partition coefficient (Wildman–Crippen LogP) is 5.44. The number of benzene rings is 2. The minimum Gasteiger partial charge on any atom is -0.497 e. The van der Waals surface area contributed by atoms with Gasteiger partial charge in [0.1, 0.15) is 11.5 Å². The first-order valence-corrected chi connectivity index (χ1v) is 13.4. The summed E-state index contributed by atoms with van der Waals surface area (Å²) in [5.74, 6) is 1.86. The van der Waals surface area contributed by atoms with Crippen LogP contribution in [-0.2, 0) is 11.2 Å². The SMILES string of the molecule is COc1ccc(CC(CN2CCCC2)NC(=O)CCCCCC(=O)c2ccc(OC(C)C)cc2)cc1. The Morgan fingerprint density at radius 3 is 2.17 bits per heavy atom. The molecule has 1 aliphatic rings. The number of ether oxygens (including phenoxy) is 2. The van der Waals surface area contributed by atoms with Crippen molar-refractivity contribution in [2.75, 3.05) is 26.7 Å². The van der Waals surface area contributed by atoms with E-state index in [0.29, 0.717) is 18.4 Å². The number of likely N-dealkylation sites (tertiary alicyclic amines) is 1. The average Bonchev–Trinajstić information content (AvgIpc) is 3.37. The second kappa shape index (κ2) is 14.6. The number of carbonyl (C=O) groups is 2. The fraction of sp³-hybridized carbons (Fsp3) is 0.533. The zero-order chi connectivity index (χ0) is 25.8. The van der Waals surface area contributed by atoms with Gasteiger partial charge in [-0.3, -0.25) is 9.59 Å². The van der Waals surface area contributed by atoms with Gasteiger partial charge in [-0.2, -0.15) is 0 Å². The maximum atomic E-state index is 12.7. The van der Waals surface area contributed by atoms with Crippen molar-refractivity contribution < 1.29 is 19.1 Å². The van der Waals surface area contributed by atoms with Crippen molar-refractivity contribution >= 4 is 11.7 Å². The quantitative estimate of drug-likeness (QED) is 0.264. The van der Waals surface area contributed by atoms with E-state index in [1.54, 1.807) is 7.11 Å². The van der Waals surface area contributed by atoms with Gasteiger partial charge in [0.05, 0.1) is 13.2 Å². The summed E-state index contributed by atoms with van der Waals surface area (Å²) in [6, 6.07) is 15.5. The summed E-state index contributed by atoms with van der Waals surface area (Å²) < 4.78 is 10.9. The average molecular weight is 495 g/mol. The molecule has 2 aromatic carbocycles. The number of amides is 1. The zero-order valence-electron chi connectivity index (χ0n) is 22.1. The van der Waals surface area contributed by atoms with Crippen LogP contribution in [0.3, 0.4) is 0 Å². The number of nitrogens with one attached hydrogen (secondary N) is 1. The highest BCUT2D eigenvalue weighted by atomic mass is 16.5. The van der Waals surface area contributed by atoms with E-state index in [-0.39, 0.29) is 23.8 Å².